The van der Waals surface area contributed by atoms with E-state index >= 15 is 0 Å². The maximum absolute atomic E-state index is 12.8. The highest BCUT2D eigenvalue weighted by atomic mass is 16.5. The van der Waals surface area contributed by atoms with Crippen LogP contribution in [-0.2, 0) is 11.3 Å². The molecule has 1 aliphatic rings. The minimum absolute atomic E-state index is 0.0646. The molecule has 0 saturated carbocycles. The summed E-state index contributed by atoms with van der Waals surface area (Å²) in [6, 6.07) is 1.85. The minimum atomic E-state index is -0.581. The molecule has 0 spiro atoms. The van der Waals surface area contributed by atoms with Crippen LogP contribution < -0.4 is 10.3 Å². The highest BCUT2D eigenvalue weighted by Crippen LogP contribution is 2.23. The van der Waals surface area contributed by atoms with Crippen molar-refractivity contribution in [2.45, 2.75) is 41.2 Å². The van der Waals surface area contributed by atoms with Gasteiger partial charge in [0.2, 0.25) is 5.43 Å². The summed E-state index contributed by atoms with van der Waals surface area (Å²) in [7, 11) is 2.11. The summed E-state index contributed by atoms with van der Waals surface area (Å²) in [5.74, 6) is 0.332. The van der Waals surface area contributed by atoms with Crippen molar-refractivity contribution in [3.8, 4) is 0 Å². The predicted octanol–water partition coefficient (Wildman–Crippen LogP) is 2.68. The third-order valence-corrected chi connectivity index (χ3v) is 4.85. The molecule has 154 valence electrons. The number of aryl methyl sites for hydroxylation is 2. The molecule has 2 aromatic heterocycles. The third kappa shape index (κ3) is 4.35. The smallest absolute Gasteiger partial charge is 0.343 e. The van der Waals surface area contributed by atoms with Crippen LogP contribution in [0.3, 0.4) is 0 Å². The van der Waals surface area contributed by atoms with E-state index in [1.165, 1.54) is 0 Å². The average Bonchev–Trinajstić information content (AvgIpc) is 2.71. The van der Waals surface area contributed by atoms with Crippen molar-refractivity contribution >= 4 is 22.8 Å². The van der Waals surface area contributed by atoms with Crippen molar-refractivity contribution in [1.29, 1.82) is 0 Å². The Bertz CT molecular complexity index is 883. The summed E-state index contributed by atoms with van der Waals surface area (Å²) >= 11 is 0. The Morgan fingerprint density at radius 1 is 1.18 bits per heavy atom. The number of nitrogens with zero attached hydrogens (tertiary/aromatic N) is 4. The molecule has 0 N–H and O–H groups in total. The Morgan fingerprint density at radius 2 is 1.82 bits per heavy atom. The Hall–Kier alpha value is -2.41. The molecule has 0 aromatic carbocycles. The molecule has 0 radical (unpaired) electrons. The molecule has 3 rings (SSSR count). The van der Waals surface area contributed by atoms with Gasteiger partial charge in [0.25, 0.3) is 0 Å². The summed E-state index contributed by atoms with van der Waals surface area (Å²) < 4.78 is 6.88. The maximum atomic E-state index is 12.8. The van der Waals surface area contributed by atoms with Crippen molar-refractivity contribution in [1.82, 2.24) is 14.5 Å². The molecule has 0 unspecified atom stereocenters. The minimum Gasteiger partial charge on any atom is -0.462 e. The number of piperazine rings is 1. The van der Waals surface area contributed by atoms with Crippen LogP contribution >= 0.6 is 0 Å². The molecule has 0 amide bonds. The van der Waals surface area contributed by atoms with Gasteiger partial charge in [-0.1, -0.05) is 13.8 Å². The molecular weight excluding hydrogens is 356 g/mol. The molecule has 7 nitrogen and oxygen atoms in total. The number of ether oxygens (including phenoxy) is 1. The second-order valence-corrected chi connectivity index (χ2v) is 6.67. The van der Waals surface area contributed by atoms with Crippen LogP contribution in [0.25, 0.3) is 11.0 Å². The molecular formula is C21H32N4O3. The first-order valence-corrected chi connectivity index (χ1v) is 10.1. The number of carbonyl (C=O) groups excluding carboxylic acids is 1. The van der Waals surface area contributed by atoms with Gasteiger partial charge in [-0.05, 0) is 39.4 Å². The van der Waals surface area contributed by atoms with Gasteiger partial charge in [0, 0.05) is 38.9 Å². The van der Waals surface area contributed by atoms with E-state index < -0.39 is 5.97 Å². The number of anilines is 1. The van der Waals surface area contributed by atoms with Gasteiger partial charge in [0.05, 0.1) is 12.0 Å². The fraction of sp³-hybridized carbons (Fsp3) is 0.571. The Balaban J connectivity index is 0.00000136. The largest absolute Gasteiger partial charge is 0.462 e. The number of aromatic nitrogens is 2. The van der Waals surface area contributed by atoms with Crippen molar-refractivity contribution in [2.24, 2.45) is 0 Å². The van der Waals surface area contributed by atoms with E-state index in [1.807, 2.05) is 38.3 Å². The van der Waals surface area contributed by atoms with E-state index in [9.17, 15) is 9.59 Å². The van der Waals surface area contributed by atoms with Crippen LogP contribution in [0.15, 0.2) is 17.1 Å². The normalized spacial score (nSPS) is 14.6. The van der Waals surface area contributed by atoms with Crippen molar-refractivity contribution in [3.05, 3.63) is 33.6 Å². The fourth-order valence-corrected chi connectivity index (χ4v) is 3.33. The predicted molar refractivity (Wildman–Crippen MR) is 113 cm³/mol. The quantitative estimate of drug-likeness (QED) is 0.750. The number of esters is 1. The number of fused-ring (bicyclic) bond motifs is 1. The third-order valence-electron chi connectivity index (χ3n) is 4.85. The van der Waals surface area contributed by atoms with E-state index in [4.69, 9.17) is 9.72 Å². The number of rotatable bonds is 4. The zero-order chi connectivity index (χ0) is 20.8. The first-order valence-electron chi connectivity index (χ1n) is 10.1. The lowest BCUT2D eigenvalue weighted by Crippen LogP contribution is -2.45. The SMILES string of the molecule is CC.CCOC(=O)c1cn(CC)c2nc(N3CCN(C)CC3)c(C)cc2c1=O. The molecule has 0 atom stereocenters. The van der Waals surface area contributed by atoms with Crippen LogP contribution in [0.1, 0.15) is 43.6 Å². The van der Waals surface area contributed by atoms with Crippen LogP contribution in [-0.4, -0.2) is 60.3 Å². The lowest BCUT2D eigenvalue weighted by atomic mass is 10.1. The van der Waals surface area contributed by atoms with Crippen LogP contribution in [0, 0.1) is 6.92 Å². The van der Waals surface area contributed by atoms with Gasteiger partial charge in [0.15, 0.2) is 0 Å². The monoisotopic (exact) mass is 388 g/mol. The Morgan fingerprint density at radius 3 is 2.39 bits per heavy atom. The first kappa shape index (κ1) is 21.9. The van der Waals surface area contributed by atoms with Gasteiger partial charge in [-0.2, -0.15) is 0 Å². The number of carbonyl (C=O) groups is 1. The Kier molecular flexibility index (Phi) is 7.57. The van der Waals surface area contributed by atoms with Gasteiger partial charge in [0.1, 0.15) is 17.0 Å². The molecule has 3 heterocycles. The number of hydrogen-bond acceptors (Lipinski definition) is 6. The zero-order valence-electron chi connectivity index (χ0n) is 17.9. The second kappa shape index (κ2) is 9.68. The van der Waals surface area contributed by atoms with Crippen LogP contribution in [0.4, 0.5) is 5.82 Å². The van der Waals surface area contributed by atoms with E-state index in [0.717, 1.165) is 37.6 Å². The molecule has 1 fully saturated rings. The number of hydrogen-bond donors (Lipinski definition) is 0. The lowest BCUT2D eigenvalue weighted by molar-refractivity contribution is 0.0524. The lowest BCUT2D eigenvalue weighted by Gasteiger charge is -2.34. The van der Waals surface area contributed by atoms with Crippen LogP contribution in [0.2, 0.25) is 0 Å². The highest BCUT2D eigenvalue weighted by Gasteiger charge is 2.21. The van der Waals surface area contributed by atoms with Gasteiger partial charge in [-0.3, -0.25) is 4.79 Å². The van der Waals surface area contributed by atoms with E-state index in [0.29, 0.717) is 17.6 Å². The molecule has 7 heteroatoms. The number of likely N-dealkylation sites (N-methyl/N-ethyl adjacent to an activating group) is 1. The summed E-state index contributed by atoms with van der Waals surface area (Å²) in [5.41, 5.74) is 1.31. The zero-order valence-corrected chi connectivity index (χ0v) is 17.9. The molecule has 1 aliphatic heterocycles. The van der Waals surface area contributed by atoms with Crippen molar-refractivity contribution in [2.75, 3.05) is 44.7 Å². The van der Waals surface area contributed by atoms with E-state index in [1.54, 1.807) is 13.1 Å². The molecule has 2 aromatic rings. The summed E-state index contributed by atoms with van der Waals surface area (Å²) in [4.78, 5) is 34.3. The summed E-state index contributed by atoms with van der Waals surface area (Å²) in [5, 5.41) is 0.466. The second-order valence-electron chi connectivity index (χ2n) is 6.67. The van der Waals surface area contributed by atoms with Gasteiger partial charge < -0.3 is 19.1 Å². The summed E-state index contributed by atoms with van der Waals surface area (Å²) in [6.07, 6.45) is 1.57. The van der Waals surface area contributed by atoms with Crippen molar-refractivity contribution in [3.63, 3.8) is 0 Å². The van der Waals surface area contributed by atoms with Gasteiger partial charge in [-0.15, -0.1) is 0 Å². The highest BCUT2D eigenvalue weighted by molar-refractivity contribution is 5.93. The molecule has 28 heavy (non-hydrogen) atoms. The van der Waals surface area contributed by atoms with Crippen LogP contribution in [0.5, 0.6) is 0 Å². The first-order chi connectivity index (χ1) is 13.5. The van der Waals surface area contributed by atoms with E-state index in [2.05, 4.69) is 16.8 Å². The Labute approximate surface area is 166 Å². The molecule has 0 bridgehead atoms. The number of pyridine rings is 2. The molecule has 1 saturated heterocycles. The standard InChI is InChI=1S/C19H26N4O3.C2H6/c1-5-22-12-15(19(25)26-6-2)16(24)14-11-13(3)17(20-18(14)22)23-9-7-21(4)8-10-23;1-2/h11-12H,5-10H2,1-4H3;1-2H3. The summed E-state index contributed by atoms with van der Waals surface area (Å²) in [6.45, 7) is 14.3. The fourth-order valence-electron chi connectivity index (χ4n) is 3.33. The van der Waals surface area contributed by atoms with Gasteiger partial charge >= 0.3 is 5.97 Å². The van der Waals surface area contributed by atoms with E-state index in [-0.39, 0.29) is 17.6 Å². The topological polar surface area (TPSA) is 67.7 Å². The van der Waals surface area contributed by atoms with Gasteiger partial charge in [-0.25, -0.2) is 9.78 Å². The molecule has 0 aliphatic carbocycles. The van der Waals surface area contributed by atoms with Crippen molar-refractivity contribution < 1.29 is 9.53 Å². The maximum Gasteiger partial charge on any atom is 0.343 e. The average molecular weight is 389 g/mol.